The van der Waals surface area contributed by atoms with Gasteiger partial charge in [-0.1, -0.05) is 0 Å². The number of carbonyl (C=O) groups excluding carboxylic acids is 2. The molecule has 10 heteroatoms. The fourth-order valence-electron chi connectivity index (χ4n) is 3.99. The Morgan fingerprint density at radius 2 is 1.84 bits per heavy atom. The molecule has 0 aliphatic heterocycles. The van der Waals surface area contributed by atoms with Crippen molar-refractivity contribution >= 4 is 28.4 Å². The number of benzene rings is 2. The molecule has 168 valence electrons. The van der Waals surface area contributed by atoms with E-state index in [4.69, 9.17) is 5.73 Å². The lowest BCUT2D eigenvalue weighted by Gasteiger charge is -2.28. The summed E-state index contributed by atoms with van der Waals surface area (Å²) in [7, 11) is 0. The molecule has 0 atom stereocenters. The van der Waals surface area contributed by atoms with Gasteiger partial charge in [0, 0.05) is 36.5 Å². The molecule has 1 aliphatic carbocycles. The number of halogens is 4. The number of alkyl halides is 2. The van der Waals surface area contributed by atoms with Gasteiger partial charge >= 0.3 is 0 Å². The van der Waals surface area contributed by atoms with Crippen LogP contribution in [0, 0.1) is 17.6 Å². The standard InChI is InChI=1S/C22H20F4N4O2/c23-13-1-3-15-18(9-13)29-30(11-12-5-7-22(25,26)8-6-12)19(15)21(32)28-14-2-4-17(24)16(10-14)20(27)31/h1-4,9-10,12H,5-8,11H2,(H2,27,31)(H,28,32). The second-order valence-electron chi connectivity index (χ2n) is 8.00. The predicted molar refractivity (Wildman–Crippen MR) is 109 cm³/mol. The van der Waals surface area contributed by atoms with Crippen molar-refractivity contribution < 1.29 is 27.2 Å². The predicted octanol–water partition coefficient (Wildman–Crippen LogP) is 4.49. The normalized spacial score (nSPS) is 16.2. The Morgan fingerprint density at radius 1 is 1.12 bits per heavy atom. The fraction of sp³-hybridized carbons (Fsp3) is 0.318. The number of amides is 2. The Kier molecular flexibility index (Phi) is 5.62. The van der Waals surface area contributed by atoms with E-state index >= 15 is 0 Å². The maximum atomic E-state index is 13.7. The first-order valence-corrected chi connectivity index (χ1v) is 10.1. The first kappa shape index (κ1) is 21.8. The Balaban J connectivity index is 1.66. The Hall–Kier alpha value is -3.43. The van der Waals surface area contributed by atoms with Gasteiger partial charge in [-0.25, -0.2) is 17.6 Å². The van der Waals surface area contributed by atoms with Gasteiger partial charge in [0.25, 0.3) is 11.8 Å². The van der Waals surface area contributed by atoms with E-state index in [9.17, 15) is 27.2 Å². The number of rotatable bonds is 5. The van der Waals surface area contributed by atoms with Crippen LogP contribution in [0.2, 0.25) is 0 Å². The van der Waals surface area contributed by atoms with Crippen molar-refractivity contribution in [3.05, 3.63) is 59.3 Å². The highest BCUT2D eigenvalue weighted by atomic mass is 19.3. The molecule has 3 N–H and O–H groups in total. The van der Waals surface area contributed by atoms with Crippen LogP contribution in [-0.2, 0) is 6.54 Å². The van der Waals surface area contributed by atoms with Gasteiger partial charge in [-0.15, -0.1) is 0 Å². The van der Waals surface area contributed by atoms with Gasteiger partial charge in [-0.05, 0) is 49.1 Å². The summed E-state index contributed by atoms with van der Waals surface area (Å²) in [6.07, 6.45) is 0.0806. The van der Waals surface area contributed by atoms with Gasteiger partial charge in [-0.3, -0.25) is 14.3 Å². The highest BCUT2D eigenvalue weighted by molar-refractivity contribution is 6.11. The number of carbonyl (C=O) groups is 2. The lowest BCUT2D eigenvalue weighted by atomic mass is 9.87. The van der Waals surface area contributed by atoms with Gasteiger partial charge in [-0.2, -0.15) is 5.10 Å². The van der Waals surface area contributed by atoms with E-state index in [0.29, 0.717) is 5.39 Å². The maximum absolute atomic E-state index is 13.7. The first-order chi connectivity index (χ1) is 15.1. The minimum Gasteiger partial charge on any atom is -0.366 e. The molecule has 0 saturated heterocycles. The molecule has 1 aromatic heterocycles. The monoisotopic (exact) mass is 448 g/mol. The van der Waals surface area contributed by atoms with E-state index in [2.05, 4.69) is 10.4 Å². The van der Waals surface area contributed by atoms with Crippen molar-refractivity contribution in [3.8, 4) is 0 Å². The summed E-state index contributed by atoms with van der Waals surface area (Å²) in [5.41, 5.74) is 5.25. The summed E-state index contributed by atoms with van der Waals surface area (Å²) in [5, 5.41) is 7.27. The first-order valence-electron chi connectivity index (χ1n) is 10.1. The number of anilines is 1. The van der Waals surface area contributed by atoms with E-state index in [1.165, 1.54) is 28.9 Å². The molecule has 4 rings (SSSR count). The molecular formula is C22H20F4N4O2. The minimum absolute atomic E-state index is 0.113. The summed E-state index contributed by atoms with van der Waals surface area (Å²) >= 11 is 0. The second kappa shape index (κ2) is 8.25. The highest BCUT2D eigenvalue weighted by Crippen LogP contribution is 2.37. The topological polar surface area (TPSA) is 90.0 Å². The molecule has 0 radical (unpaired) electrons. The number of nitrogens with two attached hydrogens (primary N) is 1. The Labute approximate surface area is 180 Å². The second-order valence-corrected chi connectivity index (χ2v) is 8.00. The molecule has 1 heterocycles. The quantitative estimate of drug-likeness (QED) is 0.564. The summed E-state index contributed by atoms with van der Waals surface area (Å²) in [5.74, 6) is -5.77. The minimum atomic E-state index is -2.69. The smallest absolute Gasteiger partial charge is 0.274 e. The van der Waals surface area contributed by atoms with Gasteiger partial charge < -0.3 is 11.1 Å². The maximum Gasteiger partial charge on any atom is 0.274 e. The fourth-order valence-corrected chi connectivity index (χ4v) is 3.99. The average molecular weight is 448 g/mol. The van der Waals surface area contributed by atoms with Crippen molar-refractivity contribution in [2.75, 3.05) is 5.32 Å². The highest BCUT2D eigenvalue weighted by Gasteiger charge is 2.35. The lowest BCUT2D eigenvalue weighted by molar-refractivity contribution is -0.0476. The third-order valence-corrected chi connectivity index (χ3v) is 5.67. The van der Waals surface area contributed by atoms with E-state index in [1.807, 2.05) is 0 Å². The molecule has 0 spiro atoms. The number of hydrogen-bond donors (Lipinski definition) is 2. The van der Waals surface area contributed by atoms with Crippen molar-refractivity contribution in [2.45, 2.75) is 38.2 Å². The number of nitrogens with one attached hydrogen (secondary N) is 1. The van der Waals surface area contributed by atoms with E-state index in [0.717, 1.165) is 12.1 Å². The van der Waals surface area contributed by atoms with Crippen molar-refractivity contribution in [2.24, 2.45) is 11.7 Å². The van der Waals surface area contributed by atoms with Crippen LogP contribution < -0.4 is 11.1 Å². The average Bonchev–Trinajstić information content (AvgIpc) is 3.07. The SMILES string of the molecule is NC(=O)c1cc(NC(=O)c2c3ccc(F)cc3nn2CC2CCC(F)(F)CC2)ccc1F. The van der Waals surface area contributed by atoms with Crippen LogP contribution in [0.1, 0.15) is 46.5 Å². The Morgan fingerprint density at radius 3 is 2.53 bits per heavy atom. The number of primary amides is 1. The molecule has 1 fully saturated rings. The molecule has 1 aliphatic rings. The molecule has 2 aromatic carbocycles. The third kappa shape index (κ3) is 4.44. The third-order valence-electron chi connectivity index (χ3n) is 5.67. The molecule has 0 unspecified atom stereocenters. The summed E-state index contributed by atoms with van der Waals surface area (Å²) in [6, 6.07) is 7.17. The molecular weight excluding hydrogens is 428 g/mol. The molecule has 6 nitrogen and oxygen atoms in total. The lowest BCUT2D eigenvalue weighted by Crippen LogP contribution is -2.28. The zero-order chi connectivity index (χ0) is 23.0. The largest absolute Gasteiger partial charge is 0.366 e. The van der Waals surface area contributed by atoms with Crippen LogP contribution in [0.3, 0.4) is 0 Å². The van der Waals surface area contributed by atoms with Crippen LogP contribution >= 0.6 is 0 Å². The van der Waals surface area contributed by atoms with E-state index < -0.39 is 29.4 Å². The number of fused-ring (bicyclic) bond motifs is 1. The molecule has 32 heavy (non-hydrogen) atoms. The van der Waals surface area contributed by atoms with Crippen LogP contribution in [0.25, 0.3) is 10.9 Å². The van der Waals surface area contributed by atoms with Crippen molar-refractivity contribution in [1.82, 2.24) is 9.78 Å². The van der Waals surface area contributed by atoms with Gasteiger partial charge in [0.15, 0.2) is 0 Å². The van der Waals surface area contributed by atoms with E-state index in [-0.39, 0.29) is 60.6 Å². The zero-order valence-corrected chi connectivity index (χ0v) is 16.9. The van der Waals surface area contributed by atoms with Crippen LogP contribution in [0.4, 0.5) is 23.2 Å². The zero-order valence-electron chi connectivity index (χ0n) is 16.9. The van der Waals surface area contributed by atoms with Crippen LogP contribution in [-0.4, -0.2) is 27.5 Å². The summed E-state index contributed by atoms with van der Waals surface area (Å²) in [4.78, 5) is 24.5. The van der Waals surface area contributed by atoms with Gasteiger partial charge in [0.1, 0.15) is 17.3 Å². The molecule has 0 bridgehead atoms. The number of aromatic nitrogens is 2. The number of nitrogens with zero attached hydrogens (tertiary/aromatic N) is 2. The molecule has 1 saturated carbocycles. The van der Waals surface area contributed by atoms with Gasteiger partial charge in [0.2, 0.25) is 5.92 Å². The van der Waals surface area contributed by atoms with E-state index in [1.54, 1.807) is 0 Å². The van der Waals surface area contributed by atoms with Crippen LogP contribution in [0.5, 0.6) is 0 Å². The molecule has 2 amide bonds. The van der Waals surface area contributed by atoms with Crippen molar-refractivity contribution in [3.63, 3.8) is 0 Å². The Bertz CT molecular complexity index is 1200. The number of hydrogen-bond acceptors (Lipinski definition) is 3. The summed E-state index contributed by atoms with van der Waals surface area (Å²) < 4.78 is 55.9. The van der Waals surface area contributed by atoms with Gasteiger partial charge in [0.05, 0.1) is 11.1 Å². The van der Waals surface area contributed by atoms with Crippen LogP contribution in [0.15, 0.2) is 36.4 Å². The summed E-state index contributed by atoms with van der Waals surface area (Å²) in [6.45, 7) is 0.213. The van der Waals surface area contributed by atoms with Crippen molar-refractivity contribution in [1.29, 1.82) is 0 Å². The molecule has 3 aromatic rings.